The molecule has 0 fully saturated rings. The minimum Gasteiger partial charge on any atom is -0.497 e. The van der Waals surface area contributed by atoms with Gasteiger partial charge in [0.2, 0.25) is 5.91 Å². The number of aliphatic hydroxyl groups excluding tert-OH is 1. The summed E-state index contributed by atoms with van der Waals surface area (Å²) in [5.74, 6) is 0.940. The Labute approximate surface area is 187 Å². The molecule has 0 spiro atoms. The van der Waals surface area contributed by atoms with E-state index in [1.54, 1.807) is 38.5 Å². The van der Waals surface area contributed by atoms with Crippen molar-refractivity contribution in [3.8, 4) is 5.75 Å². The topological polar surface area (TPSA) is 74.9 Å². The van der Waals surface area contributed by atoms with Crippen molar-refractivity contribution >= 4 is 5.91 Å². The molecule has 6 nitrogen and oxygen atoms in total. The number of furan rings is 1. The number of aryl methyl sites for hydroxylation is 1. The Morgan fingerprint density at radius 2 is 1.94 bits per heavy atom. The fourth-order valence-electron chi connectivity index (χ4n) is 3.54. The van der Waals surface area contributed by atoms with Crippen molar-refractivity contribution in [3.63, 3.8) is 0 Å². The largest absolute Gasteiger partial charge is 0.497 e. The number of hydrogen-bond donors (Lipinski definition) is 2. The fourth-order valence-corrected chi connectivity index (χ4v) is 3.54. The number of amides is 1. The van der Waals surface area contributed by atoms with E-state index < -0.39 is 0 Å². The minimum absolute atomic E-state index is 0.0469. The highest BCUT2D eigenvalue weighted by molar-refractivity contribution is 5.78. The summed E-state index contributed by atoms with van der Waals surface area (Å²) in [5.41, 5.74) is 2.26. The van der Waals surface area contributed by atoms with Crippen molar-refractivity contribution in [1.82, 2.24) is 10.2 Å². The molecular formula is C25H29FN2O4. The highest BCUT2D eigenvalue weighted by atomic mass is 19.1. The molecule has 1 amide bonds. The molecule has 32 heavy (non-hydrogen) atoms. The lowest BCUT2D eigenvalue weighted by Gasteiger charge is -2.29. The first kappa shape index (κ1) is 23.5. The first-order valence-corrected chi connectivity index (χ1v) is 10.5. The number of benzene rings is 2. The third-order valence-corrected chi connectivity index (χ3v) is 5.33. The van der Waals surface area contributed by atoms with Gasteiger partial charge in [-0.2, -0.15) is 0 Å². The summed E-state index contributed by atoms with van der Waals surface area (Å²) < 4.78 is 24.6. The average Bonchev–Trinajstić information content (AvgIpc) is 3.33. The number of nitrogens with one attached hydrogen (secondary N) is 1. The van der Waals surface area contributed by atoms with Crippen molar-refractivity contribution in [1.29, 1.82) is 0 Å². The van der Waals surface area contributed by atoms with Crippen molar-refractivity contribution in [2.45, 2.75) is 32.5 Å². The number of ether oxygens (including phenoxy) is 1. The number of nitrogens with zero attached hydrogens (tertiary/aromatic N) is 1. The number of carbonyl (C=O) groups excluding carboxylic acids is 1. The predicted octanol–water partition coefficient (Wildman–Crippen LogP) is 3.98. The zero-order chi connectivity index (χ0) is 22.9. The van der Waals surface area contributed by atoms with E-state index in [1.165, 1.54) is 6.07 Å². The van der Waals surface area contributed by atoms with Gasteiger partial charge in [0.05, 0.1) is 26.0 Å². The smallest absolute Gasteiger partial charge is 0.234 e. The second-order valence-corrected chi connectivity index (χ2v) is 7.66. The Morgan fingerprint density at radius 1 is 1.19 bits per heavy atom. The Hall–Kier alpha value is -3.16. The van der Waals surface area contributed by atoms with Crippen LogP contribution in [0.2, 0.25) is 0 Å². The third-order valence-electron chi connectivity index (χ3n) is 5.33. The van der Waals surface area contributed by atoms with Crippen LogP contribution >= 0.6 is 0 Å². The normalized spacial score (nSPS) is 12.0. The maximum absolute atomic E-state index is 13.8. The molecule has 0 bridgehead atoms. The van der Waals surface area contributed by atoms with Crippen LogP contribution in [0.1, 0.15) is 34.9 Å². The van der Waals surface area contributed by atoms with Crippen LogP contribution in [-0.4, -0.2) is 36.2 Å². The van der Waals surface area contributed by atoms with E-state index in [-0.39, 0.29) is 37.5 Å². The van der Waals surface area contributed by atoms with Crippen molar-refractivity contribution in [2.24, 2.45) is 0 Å². The van der Waals surface area contributed by atoms with Gasteiger partial charge in [0.1, 0.15) is 17.3 Å². The van der Waals surface area contributed by atoms with Crippen molar-refractivity contribution in [2.75, 3.05) is 20.3 Å². The van der Waals surface area contributed by atoms with E-state index in [0.717, 1.165) is 11.3 Å². The summed E-state index contributed by atoms with van der Waals surface area (Å²) in [6, 6.07) is 15.9. The highest BCUT2D eigenvalue weighted by Gasteiger charge is 2.25. The summed E-state index contributed by atoms with van der Waals surface area (Å²) in [6.07, 6.45) is 2.00. The maximum atomic E-state index is 13.8. The van der Waals surface area contributed by atoms with Crippen LogP contribution in [0.15, 0.2) is 65.3 Å². The number of carbonyl (C=O) groups is 1. The second-order valence-electron chi connectivity index (χ2n) is 7.66. The highest BCUT2D eigenvalue weighted by Crippen LogP contribution is 2.27. The monoisotopic (exact) mass is 440 g/mol. The molecule has 0 saturated carbocycles. The van der Waals surface area contributed by atoms with Gasteiger partial charge in [0.15, 0.2) is 0 Å². The fraction of sp³-hybridized carbons (Fsp3) is 0.320. The van der Waals surface area contributed by atoms with E-state index in [2.05, 4.69) is 5.32 Å². The lowest BCUT2D eigenvalue weighted by Crippen LogP contribution is -2.39. The van der Waals surface area contributed by atoms with Gasteiger partial charge in [0.25, 0.3) is 0 Å². The summed E-state index contributed by atoms with van der Waals surface area (Å²) in [4.78, 5) is 14.7. The molecule has 3 aromatic rings. The molecule has 0 aliphatic heterocycles. The Balaban J connectivity index is 1.73. The lowest BCUT2D eigenvalue weighted by molar-refractivity contribution is -0.123. The van der Waals surface area contributed by atoms with Gasteiger partial charge in [-0.05, 0) is 60.4 Å². The third kappa shape index (κ3) is 6.42. The lowest BCUT2D eigenvalue weighted by atomic mass is 10.1. The molecule has 1 heterocycles. The van der Waals surface area contributed by atoms with Crippen LogP contribution in [0.3, 0.4) is 0 Å². The zero-order valence-corrected chi connectivity index (χ0v) is 18.4. The molecule has 0 aliphatic rings. The standard InChI is InChI=1S/C25H29FN2O4/c1-18-5-6-20(14-22(18)26)15-27-25(30)17-28(16-19-7-9-21(31-2)10-8-19)23(11-12-29)24-4-3-13-32-24/h3-10,13-14,23,29H,11-12,15-17H2,1-2H3,(H,27,30)/t23-/m1/s1. The summed E-state index contributed by atoms with van der Waals surface area (Å²) in [6.45, 7) is 2.45. The molecule has 0 radical (unpaired) electrons. The van der Waals surface area contributed by atoms with Crippen LogP contribution in [-0.2, 0) is 17.9 Å². The van der Waals surface area contributed by atoms with Gasteiger partial charge < -0.3 is 19.6 Å². The molecule has 7 heteroatoms. The molecule has 0 aliphatic carbocycles. The summed E-state index contributed by atoms with van der Waals surface area (Å²) in [7, 11) is 1.61. The van der Waals surface area contributed by atoms with Gasteiger partial charge in [-0.25, -0.2) is 4.39 Å². The SMILES string of the molecule is COc1ccc(CN(CC(=O)NCc2ccc(C)c(F)c2)[C@H](CCO)c2ccco2)cc1. The summed E-state index contributed by atoms with van der Waals surface area (Å²) in [5, 5.41) is 12.5. The first-order chi connectivity index (χ1) is 15.5. The van der Waals surface area contributed by atoms with E-state index in [0.29, 0.717) is 29.9 Å². The van der Waals surface area contributed by atoms with Crippen LogP contribution < -0.4 is 10.1 Å². The Bertz CT molecular complexity index is 990. The van der Waals surface area contributed by atoms with Crippen molar-refractivity contribution in [3.05, 3.63) is 89.1 Å². The predicted molar refractivity (Wildman–Crippen MR) is 120 cm³/mol. The van der Waals surface area contributed by atoms with Gasteiger partial charge in [0, 0.05) is 19.7 Å². The molecule has 170 valence electrons. The average molecular weight is 441 g/mol. The molecule has 2 N–H and O–H groups in total. The van der Waals surface area contributed by atoms with Crippen molar-refractivity contribution < 1.29 is 23.4 Å². The van der Waals surface area contributed by atoms with Crippen LogP contribution in [0.25, 0.3) is 0 Å². The minimum atomic E-state index is -0.293. The molecular weight excluding hydrogens is 411 g/mol. The molecule has 1 atom stereocenters. The molecule has 2 aromatic carbocycles. The second kappa shape index (κ2) is 11.5. The number of methoxy groups -OCH3 is 1. The number of halogens is 1. The van der Waals surface area contributed by atoms with Crippen LogP contribution in [0.4, 0.5) is 4.39 Å². The van der Waals surface area contributed by atoms with E-state index in [4.69, 9.17) is 9.15 Å². The van der Waals surface area contributed by atoms with Gasteiger partial charge in [-0.15, -0.1) is 0 Å². The first-order valence-electron chi connectivity index (χ1n) is 10.5. The van der Waals surface area contributed by atoms with Crippen LogP contribution in [0.5, 0.6) is 5.75 Å². The van der Waals surface area contributed by atoms with Gasteiger partial charge in [-0.1, -0.05) is 24.3 Å². The van der Waals surface area contributed by atoms with E-state index in [1.807, 2.05) is 35.2 Å². The molecule has 3 rings (SSSR count). The zero-order valence-electron chi connectivity index (χ0n) is 18.4. The number of aliphatic hydroxyl groups is 1. The van der Waals surface area contributed by atoms with Gasteiger partial charge >= 0.3 is 0 Å². The number of rotatable bonds is 11. The molecule has 1 aromatic heterocycles. The van der Waals surface area contributed by atoms with E-state index >= 15 is 0 Å². The maximum Gasteiger partial charge on any atom is 0.234 e. The Kier molecular flexibility index (Phi) is 8.41. The summed E-state index contributed by atoms with van der Waals surface area (Å²) >= 11 is 0. The van der Waals surface area contributed by atoms with Gasteiger partial charge in [-0.3, -0.25) is 9.69 Å². The van der Waals surface area contributed by atoms with E-state index in [9.17, 15) is 14.3 Å². The molecule has 0 unspecified atom stereocenters. The number of hydrogen-bond acceptors (Lipinski definition) is 5. The van der Waals surface area contributed by atoms with Crippen LogP contribution in [0, 0.1) is 12.7 Å². The molecule has 0 saturated heterocycles. The Morgan fingerprint density at radius 3 is 2.56 bits per heavy atom. The quantitative estimate of drug-likeness (QED) is 0.472.